The van der Waals surface area contributed by atoms with E-state index in [1.54, 1.807) is 13.8 Å². The van der Waals surface area contributed by atoms with Gasteiger partial charge in [0.2, 0.25) is 0 Å². The molecule has 0 N–H and O–H groups in total. The molecule has 0 bridgehead atoms. The zero-order chi connectivity index (χ0) is 13.8. The number of aldehydes is 1. The fraction of sp³-hybridized carbons (Fsp3) is 0.429. The van der Waals surface area contributed by atoms with Gasteiger partial charge in [0, 0.05) is 0 Å². The smallest absolute Gasteiger partial charge is 0.415 e. The molecular formula is C14H19NO3. The summed E-state index contributed by atoms with van der Waals surface area (Å²) in [6.45, 7) is 7.52. The molecule has 4 nitrogen and oxygen atoms in total. The Balaban J connectivity index is 0.000000771. The van der Waals surface area contributed by atoms with Gasteiger partial charge in [0.15, 0.2) is 5.72 Å². The molecule has 0 aromatic heterocycles. The van der Waals surface area contributed by atoms with Crippen molar-refractivity contribution >= 4 is 12.4 Å². The van der Waals surface area contributed by atoms with Crippen molar-refractivity contribution in [1.82, 2.24) is 4.90 Å². The Bertz CT molecular complexity index is 414. The SMILES string of the molecule is CC.CC1(C)OC(=O)N1C(C=O)c1ccccc1. The first-order chi connectivity index (χ1) is 8.56. The first kappa shape index (κ1) is 14.2. The highest BCUT2D eigenvalue weighted by Gasteiger charge is 2.50. The molecule has 1 fully saturated rings. The van der Waals surface area contributed by atoms with Crippen LogP contribution < -0.4 is 0 Å². The molecule has 2 rings (SSSR count). The van der Waals surface area contributed by atoms with E-state index in [0.29, 0.717) is 0 Å². The molecule has 0 saturated carbocycles. The van der Waals surface area contributed by atoms with E-state index < -0.39 is 17.9 Å². The van der Waals surface area contributed by atoms with E-state index in [1.807, 2.05) is 44.2 Å². The second-order valence-corrected chi connectivity index (χ2v) is 4.18. The van der Waals surface area contributed by atoms with Gasteiger partial charge in [-0.05, 0) is 19.4 Å². The lowest BCUT2D eigenvalue weighted by Gasteiger charge is -2.48. The Morgan fingerprint density at radius 2 is 1.78 bits per heavy atom. The van der Waals surface area contributed by atoms with Gasteiger partial charge in [-0.2, -0.15) is 0 Å². The van der Waals surface area contributed by atoms with E-state index in [4.69, 9.17) is 4.74 Å². The Hall–Kier alpha value is -1.84. The summed E-state index contributed by atoms with van der Waals surface area (Å²) in [5, 5.41) is 0. The highest BCUT2D eigenvalue weighted by Crippen LogP contribution is 2.36. The van der Waals surface area contributed by atoms with Gasteiger partial charge < -0.3 is 9.53 Å². The molecule has 1 amide bonds. The average Bonchev–Trinajstić information content (AvgIpc) is 2.38. The Morgan fingerprint density at radius 1 is 1.22 bits per heavy atom. The minimum Gasteiger partial charge on any atom is -0.423 e. The van der Waals surface area contributed by atoms with Crippen molar-refractivity contribution in [1.29, 1.82) is 0 Å². The van der Waals surface area contributed by atoms with Crippen LogP contribution >= 0.6 is 0 Å². The monoisotopic (exact) mass is 249 g/mol. The van der Waals surface area contributed by atoms with Crippen molar-refractivity contribution in [3.8, 4) is 0 Å². The zero-order valence-corrected chi connectivity index (χ0v) is 11.2. The summed E-state index contributed by atoms with van der Waals surface area (Å²) in [5.74, 6) is 0. The molecule has 18 heavy (non-hydrogen) atoms. The number of amides is 1. The van der Waals surface area contributed by atoms with Crippen LogP contribution in [0, 0.1) is 0 Å². The van der Waals surface area contributed by atoms with Gasteiger partial charge in [0.1, 0.15) is 12.3 Å². The number of rotatable bonds is 3. The summed E-state index contributed by atoms with van der Waals surface area (Å²) in [4.78, 5) is 23.9. The largest absolute Gasteiger partial charge is 0.423 e. The number of benzene rings is 1. The Morgan fingerprint density at radius 3 is 2.17 bits per heavy atom. The van der Waals surface area contributed by atoms with Crippen molar-refractivity contribution in [3.05, 3.63) is 35.9 Å². The quantitative estimate of drug-likeness (QED) is 0.773. The summed E-state index contributed by atoms with van der Waals surface area (Å²) >= 11 is 0. The minimum atomic E-state index is -0.710. The first-order valence-corrected chi connectivity index (χ1v) is 6.09. The summed E-state index contributed by atoms with van der Waals surface area (Å²) in [6.07, 6.45) is 0.309. The van der Waals surface area contributed by atoms with Crippen molar-refractivity contribution in [3.63, 3.8) is 0 Å². The zero-order valence-electron chi connectivity index (χ0n) is 11.2. The third kappa shape index (κ3) is 2.53. The van der Waals surface area contributed by atoms with E-state index in [0.717, 1.165) is 11.8 Å². The summed E-state index contributed by atoms with van der Waals surface area (Å²) < 4.78 is 4.97. The summed E-state index contributed by atoms with van der Waals surface area (Å²) in [6, 6.07) is 8.61. The topological polar surface area (TPSA) is 46.6 Å². The van der Waals surface area contributed by atoms with Crippen molar-refractivity contribution in [2.24, 2.45) is 0 Å². The van der Waals surface area contributed by atoms with Crippen LogP contribution in [0.3, 0.4) is 0 Å². The van der Waals surface area contributed by atoms with Gasteiger partial charge in [-0.25, -0.2) is 4.79 Å². The number of hydrogen-bond acceptors (Lipinski definition) is 3. The Labute approximate surface area is 108 Å². The van der Waals surface area contributed by atoms with Gasteiger partial charge in [0.05, 0.1) is 0 Å². The van der Waals surface area contributed by atoms with E-state index in [2.05, 4.69) is 0 Å². The normalized spacial score (nSPS) is 17.8. The average molecular weight is 249 g/mol. The number of carbonyl (C=O) groups is 2. The summed E-state index contributed by atoms with van der Waals surface area (Å²) in [7, 11) is 0. The van der Waals surface area contributed by atoms with Crippen LogP contribution in [0.25, 0.3) is 0 Å². The number of nitrogens with zero attached hydrogens (tertiary/aromatic N) is 1. The molecule has 98 valence electrons. The number of carbonyl (C=O) groups excluding carboxylic acids is 2. The van der Waals surface area contributed by atoms with Crippen molar-refractivity contribution < 1.29 is 14.3 Å². The van der Waals surface area contributed by atoms with E-state index in [-0.39, 0.29) is 0 Å². The number of cyclic esters (lactones) is 1. The van der Waals surface area contributed by atoms with Crippen LogP contribution in [0.2, 0.25) is 0 Å². The lowest BCUT2D eigenvalue weighted by Crippen LogP contribution is -2.63. The third-order valence-corrected chi connectivity index (χ3v) is 2.66. The Kier molecular flexibility index (Phi) is 4.48. The summed E-state index contributed by atoms with van der Waals surface area (Å²) in [5.41, 5.74) is 0.0839. The highest BCUT2D eigenvalue weighted by atomic mass is 16.6. The maximum absolute atomic E-state index is 11.4. The maximum atomic E-state index is 11.4. The van der Waals surface area contributed by atoms with Crippen LogP contribution in [0.15, 0.2) is 30.3 Å². The number of hydrogen-bond donors (Lipinski definition) is 0. The number of ether oxygens (including phenoxy) is 1. The second kappa shape index (κ2) is 5.67. The van der Waals surface area contributed by atoms with Gasteiger partial charge in [-0.1, -0.05) is 44.2 Å². The molecule has 1 aromatic rings. The molecule has 1 heterocycles. The van der Waals surface area contributed by atoms with Gasteiger partial charge in [0.25, 0.3) is 0 Å². The molecule has 1 atom stereocenters. The van der Waals surface area contributed by atoms with Gasteiger partial charge >= 0.3 is 6.09 Å². The molecule has 1 saturated heterocycles. The van der Waals surface area contributed by atoms with Crippen molar-refractivity contribution in [2.45, 2.75) is 39.5 Å². The molecule has 1 aromatic carbocycles. The third-order valence-electron chi connectivity index (χ3n) is 2.66. The molecule has 1 unspecified atom stereocenters. The van der Waals surface area contributed by atoms with Crippen LogP contribution in [-0.4, -0.2) is 23.0 Å². The molecule has 0 radical (unpaired) electrons. The first-order valence-electron chi connectivity index (χ1n) is 6.09. The van der Waals surface area contributed by atoms with E-state index in [1.165, 1.54) is 4.90 Å². The maximum Gasteiger partial charge on any atom is 0.415 e. The fourth-order valence-electron chi connectivity index (χ4n) is 1.88. The fourth-order valence-corrected chi connectivity index (χ4v) is 1.88. The van der Waals surface area contributed by atoms with Gasteiger partial charge in [-0.15, -0.1) is 0 Å². The van der Waals surface area contributed by atoms with Crippen molar-refractivity contribution in [2.75, 3.05) is 0 Å². The van der Waals surface area contributed by atoms with Crippen LogP contribution in [0.4, 0.5) is 4.79 Å². The molecule has 4 heteroatoms. The van der Waals surface area contributed by atoms with E-state index in [9.17, 15) is 9.59 Å². The molecule has 0 aliphatic carbocycles. The molecule has 1 aliphatic heterocycles. The highest BCUT2D eigenvalue weighted by molar-refractivity contribution is 5.79. The van der Waals surface area contributed by atoms with E-state index >= 15 is 0 Å². The van der Waals surface area contributed by atoms with Crippen LogP contribution in [0.1, 0.15) is 39.3 Å². The standard InChI is InChI=1S/C12H13NO3.C2H6/c1-12(2)13(11(15)16-12)10(8-14)9-6-4-3-5-7-9;1-2/h3-8,10H,1-2H3;1-2H3. The van der Waals surface area contributed by atoms with Crippen LogP contribution in [-0.2, 0) is 9.53 Å². The van der Waals surface area contributed by atoms with Crippen LogP contribution in [0.5, 0.6) is 0 Å². The predicted octanol–water partition coefficient (Wildman–Crippen LogP) is 3.14. The molecular weight excluding hydrogens is 230 g/mol. The lowest BCUT2D eigenvalue weighted by molar-refractivity contribution is -0.180. The minimum absolute atomic E-state index is 0.453. The predicted molar refractivity (Wildman–Crippen MR) is 69.0 cm³/mol. The van der Waals surface area contributed by atoms with Gasteiger partial charge in [-0.3, -0.25) is 4.90 Å². The lowest BCUT2D eigenvalue weighted by atomic mass is 10.0. The molecule has 0 spiro atoms. The molecule has 1 aliphatic rings. The second-order valence-electron chi connectivity index (χ2n) is 4.18.